The number of benzene rings is 2. The smallest absolute Gasteiger partial charge is 0.127 e. The van der Waals surface area contributed by atoms with E-state index in [1.165, 1.54) is 0 Å². The van der Waals surface area contributed by atoms with Gasteiger partial charge in [-0.05, 0) is 55.7 Å². The van der Waals surface area contributed by atoms with E-state index in [2.05, 4.69) is 25.7 Å². The van der Waals surface area contributed by atoms with Crippen LogP contribution >= 0.6 is 0 Å². The summed E-state index contributed by atoms with van der Waals surface area (Å²) in [5, 5.41) is 10.3. The summed E-state index contributed by atoms with van der Waals surface area (Å²) in [5.74, 6) is 8.06. The maximum atomic E-state index is 10.3. The molecule has 0 radical (unpaired) electrons. The molecule has 2 heteroatoms. The first-order valence-corrected chi connectivity index (χ1v) is 8.07. The van der Waals surface area contributed by atoms with Crippen LogP contribution in [0.25, 0.3) is 0 Å². The van der Waals surface area contributed by atoms with E-state index in [1.807, 2.05) is 54.6 Å². The molecular formula is C21H24O2. The topological polar surface area (TPSA) is 29.5 Å². The van der Waals surface area contributed by atoms with Crippen LogP contribution in [0, 0.1) is 17.8 Å². The van der Waals surface area contributed by atoms with Crippen LogP contribution in [-0.2, 0) is 0 Å². The monoisotopic (exact) mass is 308 g/mol. The molecule has 2 nitrogen and oxygen atoms in total. The molecule has 0 saturated carbocycles. The van der Waals surface area contributed by atoms with Crippen molar-refractivity contribution in [3.05, 3.63) is 60.2 Å². The Morgan fingerprint density at radius 2 is 1.65 bits per heavy atom. The summed E-state index contributed by atoms with van der Waals surface area (Å²) in [4.78, 5) is 0. The third kappa shape index (κ3) is 5.81. The van der Waals surface area contributed by atoms with Crippen molar-refractivity contribution in [1.82, 2.24) is 0 Å². The van der Waals surface area contributed by atoms with Gasteiger partial charge in [0.2, 0.25) is 0 Å². The molecule has 0 amide bonds. The molecule has 2 unspecified atom stereocenters. The SMILES string of the molecule is CCC(C)CC(C)(O)C#Cc1ccc(Oc2ccccc2)cc1. The zero-order chi connectivity index (χ0) is 16.7. The van der Waals surface area contributed by atoms with Crippen molar-refractivity contribution in [2.24, 2.45) is 5.92 Å². The summed E-state index contributed by atoms with van der Waals surface area (Å²) in [6.45, 7) is 6.03. The van der Waals surface area contributed by atoms with E-state index >= 15 is 0 Å². The van der Waals surface area contributed by atoms with E-state index in [0.717, 1.165) is 23.5 Å². The van der Waals surface area contributed by atoms with Crippen LogP contribution in [0.4, 0.5) is 0 Å². The van der Waals surface area contributed by atoms with Gasteiger partial charge in [-0.2, -0.15) is 0 Å². The maximum absolute atomic E-state index is 10.3. The summed E-state index contributed by atoms with van der Waals surface area (Å²) in [6.07, 6.45) is 1.73. The van der Waals surface area contributed by atoms with E-state index in [-0.39, 0.29) is 0 Å². The predicted molar refractivity (Wildman–Crippen MR) is 94.5 cm³/mol. The lowest BCUT2D eigenvalue weighted by Gasteiger charge is -2.20. The second kappa shape index (κ2) is 7.85. The molecule has 23 heavy (non-hydrogen) atoms. The standard InChI is InChI=1S/C21H24O2/c1-4-17(2)16-21(3,22)15-14-18-10-12-20(13-11-18)23-19-8-6-5-7-9-19/h5-13,17,22H,4,16H2,1-3H3. The molecule has 1 N–H and O–H groups in total. The number of aliphatic hydroxyl groups is 1. The minimum atomic E-state index is -0.950. The minimum Gasteiger partial charge on any atom is -0.457 e. The largest absolute Gasteiger partial charge is 0.457 e. The highest BCUT2D eigenvalue weighted by Gasteiger charge is 2.19. The lowest BCUT2D eigenvalue weighted by molar-refractivity contribution is 0.0939. The average molecular weight is 308 g/mol. The molecule has 2 aromatic carbocycles. The van der Waals surface area contributed by atoms with Crippen LogP contribution in [0.5, 0.6) is 11.5 Å². The molecule has 0 saturated heterocycles. The molecule has 0 aliphatic rings. The van der Waals surface area contributed by atoms with Crippen molar-refractivity contribution in [1.29, 1.82) is 0 Å². The van der Waals surface area contributed by atoms with E-state index in [4.69, 9.17) is 4.74 Å². The number of hydrogen-bond donors (Lipinski definition) is 1. The summed E-state index contributed by atoms with van der Waals surface area (Å²) in [7, 11) is 0. The Labute approximate surface area is 139 Å². The first kappa shape index (κ1) is 17.1. The first-order chi connectivity index (χ1) is 11.0. The number of hydrogen-bond acceptors (Lipinski definition) is 2. The van der Waals surface area contributed by atoms with Crippen molar-refractivity contribution < 1.29 is 9.84 Å². The van der Waals surface area contributed by atoms with Crippen molar-refractivity contribution in [2.75, 3.05) is 0 Å². The second-order valence-electron chi connectivity index (χ2n) is 6.18. The summed E-state index contributed by atoms with van der Waals surface area (Å²) >= 11 is 0. The van der Waals surface area contributed by atoms with Crippen molar-refractivity contribution in [2.45, 2.75) is 39.2 Å². The summed E-state index contributed by atoms with van der Waals surface area (Å²) in [6, 6.07) is 17.3. The maximum Gasteiger partial charge on any atom is 0.127 e. The zero-order valence-electron chi connectivity index (χ0n) is 14.0. The Balaban J connectivity index is 2.02. The van der Waals surface area contributed by atoms with Crippen molar-refractivity contribution >= 4 is 0 Å². The minimum absolute atomic E-state index is 0.459. The number of ether oxygens (including phenoxy) is 1. The molecule has 0 aliphatic heterocycles. The summed E-state index contributed by atoms with van der Waals surface area (Å²) in [5.41, 5.74) is -0.0795. The third-order valence-electron chi connectivity index (χ3n) is 3.75. The van der Waals surface area contributed by atoms with Crippen LogP contribution in [-0.4, -0.2) is 10.7 Å². The fraction of sp³-hybridized carbons (Fsp3) is 0.333. The van der Waals surface area contributed by atoms with Gasteiger partial charge in [0, 0.05) is 5.56 Å². The molecule has 2 aromatic rings. The van der Waals surface area contributed by atoms with Gasteiger partial charge in [0.05, 0.1) is 0 Å². The van der Waals surface area contributed by atoms with Gasteiger partial charge in [0.1, 0.15) is 17.1 Å². The lowest BCUT2D eigenvalue weighted by Crippen LogP contribution is -2.24. The normalized spacial score (nSPS) is 14.3. The molecule has 2 rings (SSSR count). The van der Waals surface area contributed by atoms with Crippen LogP contribution in [0.1, 0.15) is 39.2 Å². The Bertz CT molecular complexity index is 660. The average Bonchev–Trinajstić information content (AvgIpc) is 2.55. The molecule has 2 atom stereocenters. The Morgan fingerprint density at radius 3 is 2.26 bits per heavy atom. The Kier molecular flexibility index (Phi) is 5.84. The van der Waals surface area contributed by atoms with Crippen LogP contribution in [0.2, 0.25) is 0 Å². The zero-order valence-corrected chi connectivity index (χ0v) is 14.0. The molecule has 0 spiro atoms. The fourth-order valence-electron chi connectivity index (χ4n) is 2.31. The molecular weight excluding hydrogens is 284 g/mol. The number of rotatable bonds is 5. The quantitative estimate of drug-likeness (QED) is 0.786. The van der Waals surface area contributed by atoms with E-state index in [1.54, 1.807) is 6.92 Å². The van der Waals surface area contributed by atoms with E-state index in [9.17, 15) is 5.11 Å². The highest BCUT2D eigenvalue weighted by molar-refractivity contribution is 5.41. The molecule has 120 valence electrons. The van der Waals surface area contributed by atoms with Gasteiger partial charge in [0.25, 0.3) is 0 Å². The fourth-order valence-corrected chi connectivity index (χ4v) is 2.31. The van der Waals surface area contributed by atoms with Gasteiger partial charge in [-0.3, -0.25) is 0 Å². The van der Waals surface area contributed by atoms with Gasteiger partial charge >= 0.3 is 0 Å². The van der Waals surface area contributed by atoms with E-state index in [0.29, 0.717) is 12.3 Å². The number of para-hydroxylation sites is 1. The van der Waals surface area contributed by atoms with Gasteiger partial charge < -0.3 is 9.84 Å². The van der Waals surface area contributed by atoms with Crippen molar-refractivity contribution in [3.63, 3.8) is 0 Å². The third-order valence-corrected chi connectivity index (χ3v) is 3.75. The molecule has 0 aromatic heterocycles. The van der Waals surface area contributed by atoms with Crippen LogP contribution in [0.3, 0.4) is 0 Å². The second-order valence-corrected chi connectivity index (χ2v) is 6.18. The Hall–Kier alpha value is -2.24. The highest BCUT2D eigenvalue weighted by Crippen LogP contribution is 2.21. The molecule has 0 fully saturated rings. The van der Waals surface area contributed by atoms with Crippen LogP contribution in [0.15, 0.2) is 54.6 Å². The molecule has 0 heterocycles. The summed E-state index contributed by atoms with van der Waals surface area (Å²) < 4.78 is 5.75. The molecule has 0 bridgehead atoms. The Morgan fingerprint density at radius 1 is 1.04 bits per heavy atom. The first-order valence-electron chi connectivity index (χ1n) is 8.07. The van der Waals surface area contributed by atoms with Gasteiger partial charge in [-0.1, -0.05) is 50.3 Å². The predicted octanol–water partition coefficient (Wildman–Crippen LogP) is 5.02. The van der Waals surface area contributed by atoms with Crippen LogP contribution < -0.4 is 4.74 Å². The van der Waals surface area contributed by atoms with Crippen molar-refractivity contribution in [3.8, 4) is 23.3 Å². The highest BCUT2D eigenvalue weighted by atomic mass is 16.5. The van der Waals surface area contributed by atoms with Gasteiger partial charge in [-0.25, -0.2) is 0 Å². The molecule has 0 aliphatic carbocycles. The van der Waals surface area contributed by atoms with Gasteiger partial charge in [-0.15, -0.1) is 0 Å². The van der Waals surface area contributed by atoms with E-state index < -0.39 is 5.60 Å². The lowest BCUT2D eigenvalue weighted by atomic mass is 9.92. The van der Waals surface area contributed by atoms with Gasteiger partial charge in [0.15, 0.2) is 0 Å².